The summed E-state index contributed by atoms with van der Waals surface area (Å²) in [7, 11) is 3.71. The number of halogens is 1. The van der Waals surface area contributed by atoms with Crippen LogP contribution in [0.4, 0.5) is 11.4 Å². The summed E-state index contributed by atoms with van der Waals surface area (Å²) in [4.78, 5) is 17.1. The van der Waals surface area contributed by atoms with Gasteiger partial charge in [0.2, 0.25) is 0 Å². The van der Waals surface area contributed by atoms with E-state index in [2.05, 4.69) is 49.5 Å². The highest BCUT2D eigenvalue weighted by molar-refractivity contribution is 9.10. The van der Waals surface area contributed by atoms with Gasteiger partial charge in [-0.15, -0.1) is 0 Å². The Morgan fingerprint density at radius 3 is 2.54 bits per heavy atom. The van der Waals surface area contributed by atoms with Crippen molar-refractivity contribution in [3.63, 3.8) is 0 Å². The van der Waals surface area contributed by atoms with Crippen LogP contribution in [-0.2, 0) is 0 Å². The van der Waals surface area contributed by atoms with E-state index in [1.807, 2.05) is 18.2 Å². The molecule has 0 aliphatic carbocycles. The second-order valence-corrected chi connectivity index (χ2v) is 7.83. The maximum absolute atomic E-state index is 12.5. The number of likely N-dealkylation sites (N-methyl/N-ethyl adjacent to an activating group) is 1. The SMILES string of the molecule is COc1ccc(C(=O)NC(=S)Nc2ccccc2N2CCN(C)CC2)cc1Br. The van der Waals surface area contributed by atoms with Gasteiger partial charge in [0.25, 0.3) is 5.91 Å². The second kappa shape index (κ2) is 9.36. The average molecular weight is 463 g/mol. The van der Waals surface area contributed by atoms with Gasteiger partial charge < -0.3 is 19.9 Å². The third-order valence-electron chi connectivity index (χ3n) is 4.64. The summed E-state index contributed by atoms with van der Waals surface area (Å²) in [6.07, 6.45) is 0. The minimum absolute atomic E-state index is 0.263. The topological polar surface area (TPSA) is 56.8 Å². The summed E-state index contributed by atoms with van der Waals surface area (Å²) < 4.78 is 5.90. The zero-order chi connectivity index (χ0) is 20.1. The van der Waals surface area contributed by atoms with Crippen molar-refractivity contribution < 1.29 is 9.53 Å². The quantitative estimate of drug-likeness (QED) is 0.679. The van der Waals surface area contributed by atoms with Crippen LogP contribution in [0.2, 0.25) is 0 Å². The smallest absolute Gasteiger partial charge is 0.257 e. The van der Waals surface area contributed by atoms with Crippen molar-refractivity contribution in [2.24, 2.45) is 0 Å². The van der Waals surface area contributed by atoms with E-state index < -0.39 is 0 Å². The first kappa shape index (κ1) is 20.6. The summed E-state index contributed by atoms with van der Waals surface area (Å²) in [6, 6.07) is 13.1. The number of rotatable bonds is 4. The summed E-state index contributed by atoms with van der Waals surface area (Å²) >= 11 is 8.76. The predicted molar refractivity (Wildman–Crippen MR) is 121 cm³/mol. The minimum Gasteiger partial charge on any atom is -0.496 e. The maximum atomic E-state index is 12.5. The molecule has 2 aromatic rings. The standard InChI is InChI=1S/C20H23BrN4O2S/c1-24-9-11-25(12-10-24)17-6-4-3-5-16(17)22-20(28)23-19(26)14-7-8-18(27-2)15(21)13-14/h3-8,13H,9-12H2,1-2H3,(H2,22,23,26,28). The number of piperazine rings is 1. The van der Waals surface area contributed by atoms with Gasteiger partial charge in [0.05, 0.1) is 23.0 Å². The fraction of sp³-hybridized carbons (Fsp3) is 0.300. The van der Waals surface area contributed by atoms with Gasteiger partial charge in [-0.3, -0.25) is 10.1 Å². The van der Waals surface area contributed by atoms with Crippen molar-refractivity contribution in [3.05, 3.63) is 52.5 Å². The normalized spacial score (nSPS) is 14.5. The number of thiocarbonyl (C=S) groups is 1. The monoisotopic (exact) mass is 462 g/mol. The van der Waals surface area contributed by atoms with Crippen LogP contribution < -0.4 is 20.3 Å². The Balaban J connectivity index is 1.66. The largest absolute Gasteiger partial charge is 0.496 e. The molecular formula is C20H23BrN4O2S. The van der Waals surface area contributed by atoms with E-state index in [4.69, 9.17) is 17.0 Å². The van der Waals surface area contributed by atoms with Crippen molar-refractivity contribution in [1.82, 2.24) is 10.2 Å². The Labute approximate surface area is 179 Å². The number of hydrogen-bond acceptors (Lipinski definition) is 5. The van der Waals surface area contributed by atoms with E-state index in [0.29, 0.717) is 15.8 Å². The third kappa shape index (κ3) is 5.01. The number of methoxy groups -OCH3 is 1. The van der Waals surface area contributed by atoms with Crippen LogP contribution in [0.5, 0.6) is 5.75 Å². The molecule has 2 N–H and O–H groups in total. The molecule has 6 nitrogen and oxygen atoms in total. The van der Waals surface area contributed by atoms with E-state index in [1.54, 1.807) is 25.3 Å². The molecule has 1 heterocycles. The zero-order valence-electron chi connectivity index (χ0n) is 15.9. The number of para-hydroxylation sites is 2. The Hall–Kier alpha value is -2.16. The van der Waals surface area contributed by atoms with Crippen LogP contribution in [0.1, 0.15) is 10.4 Å². The fourth-order valence-corrected chi connectivity index (χ4v) is 3.78. The lowest BCUT2D eigenvalue weighted by Crippen LogP contribution is -2.45. The number of carbonyl (C=O) groups excluding carboxylic acids is 1. The molecular weight excluding hydrogens is 440 g/mol. The third-order valence-corrected chi connectivity index (χ3v) is 5.46. The molecule has 2 aromatic carbocycles. The summed E-state index contributed by atoms with van der Waals surface area (Å²) in [5, 5.41) is 6.17. The first-order valence-electron chi connectivity index (χ1n) is 8.96. The van der Waals surface area contributed by atoms with E-state index in [-0.39, 0.29) is 11.0 Å². The fourth-order valence-electron chi connectivity index (χ4n) is 3.04. The predicted octanol–water partition coefficient (Wildman–Crippen LogP) is 3.34. The second-order valence-electron chi connectivity index (χ2n) is 6.57. The molecule has 1 aliphatic rings. The summed E-state index contributed by atoms with van der Waals surface area (Å²) in [5.74, 6) is 0.385. The van der Waals surface area contributed by atoms with Gasteiger partial charge in [-0.2, -0.15) is 0 Å². The number of nitrogens with zero attached hydrogens (tertiary/aromatic N) is 2. The lowest BCUT2D eigenvalue weighted by Gasteiger charge is -2.35. The van der Waals surface area contributed by atoms with Crippen molar-refractivity contribution in [1.29, 1.82) is 0 Å². The van der Waals surface area contributed by atoms with Gasteiger partial charge in [-0.05, 0) is 65.5 Å². The van der Waals surface area contributed by atoms with Crippen molar-refractivity contribution in [2.45, 2.75) is 0 Å². The van der Waals surface area contributed by atoms with Gasteiger partial charge in [0, 0.05) is 31.7 Å². The minimum atomic E-state index is -0.280. The van der Waals surface area contributed by atoms with Crippen LogP contribution in [0, 0.1) is 0 Å². The molecule has 148 valence electrons. The van der Waals surface area contributed by atoms with Crippen LogP contribution >= 0.6 is 28.1 Å². The Morgan fingerprint density at radius 2 is 1.86 bits per heavy atom. The Morgan fingerprint density at radius 1 is 1.14 bits per heavy atom. The maximum Gasteiger partial charge on any atom is 0.257 e. The Kier molecular flexibility index (Phi) is 6.88. The first-order chi connectivity index (χ1) is 13.5. The average Bonchev–Trinajstić information content (AvgIpc) is 2.69. The molecule has 0 atom stereocenters. The molecule has 0 unspecified atom stereocenters. The van der Waals surface area contributed by atoms with E-state index in [1.165, 1.54) is 0 Å². The Bertz CT molecular complexity index is 869. The number of nitrogens with one attached hydrogen (secondary N) is 2. The van der Waals surface area contributed by atoms with E-state index in [9.17, 15) is 4.79 Å². The number of amides is 1. The van der Waals surface area contributed by atoms with E-state index >= 15 is 0 Å². The lowest BCUT2D eigenvalue weighted by atomic mass is 10.2. The lowest BCUT2D eigenvalue weighted by molar-refractivity contribution is 0.0977. The number of hydrogen-bond donors (Lipinski definition) is 2. The molecule has 1 amide bonds. The number of benzene rings is 2. The molecule has 0 radical (unpaired) electrons. The molecule has 28 heavy (non-hydrogen) atoms. The molecule has 0 bridgehead atoms. The number of ether oxygens (including phenoxy) is 1. The summed E-state index contributed by atoms with van der Waals surface area (Å²) in [5.41, 5.74) is 2.46. The molecule has 0 saturated carbocycles. The zero-order valence-corrected chi connectivity index (χ0v) is 18.3. The highest BCUT2D eigenvalue weighted by Crippen LogP contribution is 2.27. The van der Waals surface area contributed by atoms with Crippen molar-refractivity contribution in [2.75, 3.05) is 50.6 Å². The molecule has 0 aromatic heterocycles. The van der Waals surface area contributed by atoms with Crippen LogP contribution in [0.15, 0.2) is 46.9 Å². The van der Waals surface area contributed by atoms with Crippen LogP contribution in [0.3, 0.4) is 0 Å². The first-order valence-corrected chi connectivity index (χ1v) is 10.2. The highest BCUT2D eigenvalue weighted by Gasteiger charge is 2.18. The van der Waals surface area contributed by atoms with Crippen molar-refractivity contribution in [3.8, 4) is 5.75 Å². The van der Waals surface area contributed by atoms with Gasteiger partial charge in [-0.1, -0.05) is 12.1 Å². The van der Waals surface area contributed by atoms with E-state index in [0.717, 1.165) is 37.6 Å². The highest BCUT2D eigenvalue weighted by atomic mass is 79.9. The summed E-state index contributed by atoms with van der Waals surface area (Å²) in [6.45, 7) is 3.94. The molecule has 3 rings (SSSR count). The molecule has 8 heteroatoms. The molecule has 1 aliphatic heterocycles. The molecule has 1 fully saturated rings. The molecule has 1 saturated heterocycles. The molecule has 0 spiro atoms. The van der Waals surface area contributed by atoms with Crippen molar-refractivity contribution >= 4 is 50.5 Å². The van der Waals surface area contributed by atoms with Gasteiger partial charge in [0.1, 0.15) is 5.75 Å². The number of anilines is 2. The number of carbonyl (C=O) groups is 1. The van der Waals surface area contributed by atoms with Gasteiger partial charge in [0.15, 0.2) is 5.11 Å². The van der Waals surface area contributed by atoms with Crippen LogP contribution in [0.25, 0.3) is 0 Å². The van der Waals surface area contributed by atoms with Gasteiger partial charge >= 0.3 is 0 Å². The van der Waals surface area contributed by atoms with Crippen LogP contribution in [-0.4, -0.2) is 56.3 Å². The van der Waals surface area contributed by atoms with Gasteiger partial charge in [-0.25, -0.2) is 0 Å².